The molecule has 8 aromatic carbocycles. The Labute approximate surface area is 393 Å². The quantitative estimate of drug-likeness (QED) is 0.156. The van der Waals surface area contributed by atoms with Gasteiger partial charge in [-0.1, -0.05) is 152 Å². The highest BCUT2D eigenvalue weighted by atomic mass is 32.1. The Morgan fingerprint density at radius 1 is 0.382 bits per heavy atom. The lowest BCUT2D eigenvalue weighted by molar-refractivity contribution is 1.10. The summed E-state index contributed by atoms with van der Waals surface area (Å²) in [4.78, 5) is 17.0. The molecule has 0 saturated carbocycles. The number of aromatic nitrogens is 7. The van der Waals surface area contributed by atoms with Crippen molar-refractivity contribution in [1.29, 1.82) is 0 Å². The smallest absolute Gasteiger partial charge is 0.280 e. The van der Waals surface area contributed by atoms with Crippen molar-refractivity contribution in [2.75, 3.05) is 0 Å². The van der Waals surface area contributed by atoms with Crippen molar-refractivity contribution >= 4 is 127 Å². The van der Waals surface area contributed by atoms with Gasteiger partial charge in [0.25, 0.3) is 8.24 Å². The van der Waals surface area contributed by atoms with Crippen LogP contribution in [0.2, 0.25) is 0 Å². The van der Waals surface area contributed by atoms with Gasteiger partial charge in [0.1, 0.15) is 11.3 Å². The van der Waals surface area contributed by atoms with Gasteiger partial charge in [-0.15, -0.1) is 11.3 Å². The molecule has 0 unspecified atom stereocenters. The summed E-state index contributed by atoms with van der Waals surface area (Å²) in [5.74, 6) is 1.76. The van der Waals surface area contributed by atoms with E-state index < -0.39 is 8.24 Å². The van der Waals surface area contributed by atoms with Crippen LogP contribution in [-0.4, -0.2) is 41.0 Å². The Balaban J connectivity index is 1.06. The number of thiophene rings is 1. The number of benzene rings is 8. The lowest BCUT2D eigenvalue weighted by atomic mass is 10.2. The number of para-hydroxylation sites is 6. The van der Waals surface area contributed by atoms with Crippen LogP contribution in [-0.2, 0) is 0 Å². The highest BCUT2D eigenvalue weighted by Crippen LogP contribution is 2.39. The van der Waals surface area contributed by atoms with Crippen molar-refractivity contribution in [3.8, 4) is 11.5 Å². The first-order valence-electron chi connectivity index (χ1n) is 23.0. The number of rotatable bonds is 6. The molecule has 0 aliphatic rings. The summed E-state index contributed by atoms with van der Waals surface area (Å²) in [6.45, 7) is 0. The Morgan fingerprint density at radius 2 is 0.956 bits per heavy atom. The van der Waals surface area contributed by atoms with Gasteiger partial charge in [0, 0.05) is 42.5 Å². The van der Waals surface area contributed by atoms with Crippen LogP contribution in [0.1, 0.15) is 0 Å². The van der Waals surface area contributed by atoms with Crippen molar-refractivity contribution in [3.05, 3.63) is 225 Å². The van der Waals surface area contributed by atoms with Crippen molar-refractivity contribution in [2.24, 2.45) is 0 Å². The zero-order chi connectivity index (χ0) is 44.5. The number of nitrogens with zero attached hydrogens (tertiary/aromatic N) is 7. The maximum absolute atomic E-state index is 5.91. The van der Waals surface area contributed by atoms with Gasteiger partial charge in [0.15, 0.2) is 0 Å². The van der Waals surface area contributed by atoms with E-state index in [2.05, 4.69) is 236 Å². The molecule has 7 nitrogen and oxygen atoms in total. The minimum Gasteiger partial charge on any atom is -0.323 e. The lowest BCUT2D eigenvalue weighted by Gasteiger charge is -2.34. The van der Waals surface area contributed by atoms with Gasteiger partial charge in [-0.25, -0.2) is 9.97 Å². The molecule has 0 saturated heterocycles. The maximum Gasteiger partial charge on any atom is 0.280 e. The van der Waals surface area contributed by atoms with E-state index in [4.69, 9.17) is 15.0 Å². The topological polar surface area (TPSA) is 57.9 Å². The minimum atomic E-state index is -3.42. The van der Waals surface area contributed by atoms with Crippen molar-refractivity contribution in [2.45, 2.75) is 0 Å². The van der Waals surface area contributed by atoms with Crippen LogP contribution in [0.4, 0.5) is 0 Å². The average Bonchev–Trinajstić information content (AvgIpc) is 4.21. The van der Waals surface area contributed by atoms with Crippen LogP contribution >= 0.6 is 11.3 Å². The van der Waals surface area contributed by atoms with E-state index in [1.807, 2.05) is 17.5 Å². The molecular formula is C59H37N7SSi. The first kappa shape index (κ1) is 37.6. The second-order valence-corrected chi connectivity index (χ2v) is 22.1. The zero-order valence-corrected chi connectivity index (χ0v) is 38.2. The highest BCUT2D eigenvalue weighted by molar-refractivity contribution is 7.26. The number of pyridine rings is 2. The summed E-state index contributed by atoms with van der Waals surface area (Å²) in [6.07, 6.45) is 2.02. The van der Waals surface area contributed by atoms with Gasteiger partial charge in [0.2, 0.25) is 5.78 Å². The van der Waals surface area contributed by atoms with E-state index in [0.29, 0.717) is 0 Å². The standard InChI is InChI=1S/C59H37N7SSi/c1-3-18-38(19-4-1)68(39-20-5-2-6-21-39,58-55-43-25-10-16-33-52(43)67-53(55)36-37-60-58)66-48-30-15-14-29-47(48)65-50-32-17-31-49(57(50)62-59(65)66)63-46-28-13-9-24-42(46)56-51(63)34-35-54(61-56)64-44-26-11-7-22-40(44)41-23-8-12-27-45(41)64/h1-37H. The molecule has 318 valence electrons. The molecule has 7 heterocycles. The summed E-state index contributed by atoms with van der Waals surface area (Å²) in [5, 5.41) is 9.49. The summed E-state index contributed by atoms with van der Waals surface area (Å²) in [7, 11) is -3.42. The van der Waals surface area contributed by atoms with E-state index >= 15 is 0 Å². The SMILES string of the molecule is c1ccc([Si](c2ccccc2)(c2nccc3sc4ccccc4c23)n2c3ccccc3n3c4cccc(-n5c6ccccc6c6nc(-n7c8ccccc8c8ccccc87)ccc65)c4nc23)cc1. The van der Waals surface area contributed by atoms with Crippen molar-refractivity contribution in [3.63, 3.8) is 0 Å². The number of fused-ring (bicyclic) bond motifs is 14. The largest absolute Gasteiger partial charge is 0.323 e. The summed E-state index contributed by atoms with van der Waals surface area (Å²) >= 11 is 1.84. The van der Waals surface area contributed by atoms with Crippen LogP contribution in [0.25, 0.3) is 103 Å². The Kier molecular flexibility index (Phi) is 7.84. The van der Waals surface area contributed by atoms with Gasteiger partial charge < -0.3 is 8.80 Å². The molecule has 9 heteroatoms. The first-order valence-corrected chi connectivity index (χ1v) is 25.7. The van der Waals surface area contributed by atoms with E-state index in [1.54, 1.807) is 0 Å². The predicted octanol–water partition coefficient (Wildman–Crippen LogP) is 12.3. The second kappa shape index (κ2) is 14.2. The van der Waals surface area contributed by atoms with E-state index in [9.17, 15) is 0 Å². The fraction of sp³-hybridized carbons (Fsp3) is 0. The second-order valence-electron chi connectivity index (χ2n) is 17.5. The van der Waals surface area contributed by atoms with Gasteiger partial charge in [0.05, 0.1) is 55.1 Å². The predicted molar refractivity (Wildman–Crippen MR) is 285 cm³/mol. The molecule has 0 amide bonds. The number of hydrogen-bond donors (Lipinski definition) is 0. The maximum atomic E-state index is 5.91. The average molecular weight is 904 g/mol. The molecule has 7 aromatic heterocycles. The Hall–Kier alpha value is -8.63. The van der Waals surface area contributed by atoms with Gasteiger partial charge in [-0.3, -0.25) is 14.0 Å². The third-order valence-electron chi connectivity index (χ3n) is 14.1. The minimum absolute atomic E-state index is 0.874. The molecule has 0 N–H and O–H groups in total. The van der Waals surface area contributed by atoms with Crippen molar-refractivity contribution < 1.29 is 0 Å². The molecule has 68 heavy (non-hydrogen) atoms. The Morgan fingerprint density at radius 3 is 1.66 bits per heavy atom. The zero-order valence-electron chi connectivity index (χ0n) is 36.4. The van der Waals surface area contributed by atoms with Crippen LogP contribution < -0.4 is 15.7 Å². The molecule has 0 atom stereocenters. The van der Waals surface area contributed by atoms with Crippen LogP contribution in [0.3, 0.4) is 0 Å². The molecule has 15 rings (SSSR count). The first-order chi connectivity index (χ1) is 33.8. The summed E-state index contributed by atoms with van der Waals surface area (Å²) < 4.78 is 12.1. The molecule has 0 radical (unpaired) electrons. The molecular weight excluding hydrogens is 867 g/mol. The van der Waals surface area contributed by atoms with Crippen LogP contribution in [0.5, 0.6) is 0 Å². The third-order valence-corrected chi connectivity index (χ3v) is 19.8. The molecule has 0 aliphatic heterocycles. The van der Waals surface area contributed by atoms with Crippen molar-refractivity contribution in [1.82, 2.24) is 32.7 Å². The van der Waals surface area contributed by atoms with E-state index in [-0.39, 0.29) is 0 Å². The molecule has 0 bridgehead atoms. The van der Waals surface area contributed by atoms with Gasteiger partial charge in [-0.05, 0) is 77.1 Å². The van der Waals surface area contributed by atoms with E-state index in [1.165, 1.54) is 41.3 Å². The number of imidazole rings is 2. The summed E-state index contributed by atoms with van der Waals surface area (Å²) in [6, 6.07) is 78.9. The van der Waals surface area contributed by atoms with Gasteiger partial charge in [-0.2, -0.15) is 0 Å². The fourth-order valence-corrected chi connectivity index (χ4v) is 17.4. The normalized spacial score (nSPS) is 12.4. The van der Waals surface area contributed by atoms with Crippen LogP contribution in [0, 0.1) is 0 Å². The fourth-order valence-electron chi connectivity index (χ4n) is 11.4. The Bertz CT molecular complexity index is 4430. The third kappa shape index (κ3) is 4.98. The number of hydrogen-bond acceptors (Lipinski definition) is 4. The van der Waals surface area contributed by atoms with Gasteiger partial charge >= 0.3 is 0 Å². The van der Waals surface area contributed by atoms with Crippen LogP contribution in [0.15, 0.2) is 225 Å². The lowest BCUT2D eigenvalue weighted by Crippen LogP contribution is -2.73. The molecule has 0 spiro atoms. The molecule has 0 fully saturated rings. The molecule has 15 aromatic rings. The van der Waals surface area contributed by atoms with E-state index in [0.717, 1.165) is 77.6 Å². The monoisotopic (exact) mass is 903 g/mol. The highest BCUT2D eigenvalue weighted by Gasteiger charge is 2.48. The molecule has 0 aliphatic carbocycles. The summed E-state index contributed by atoms with van der Waals surface area (Å²) in [5.41, 5.74) is 10.4.